The van der Waals surface area contributed by atoms with E-state index in [1.807, 2.05) is 72.6 Å². The Morgan fingerprint density at radius 1 is 1.09 bits per heavy atom. The molecule has 5 nitrogen and oxygen atoms in total. The Bertz CT molecular complexity index is 627. The van der Waals surface area contributed by atoms with Gasteiger partial charge in [0, 0.05) is 12.7 Å². The Hall–Kier alpha value is -2.82. The van der Waals surface area contributed by atoms with Gasteiger partial charge in [-0.3, -0.25) is 4.79 Å². The van der Waals surface area contributed by atoms with Gasteiger partial charge in [-0.25, -0.2) is 4.99 Å². The van der Waals surface area contributed by atoms with Gasteiger partial charge in [-0.05, 0) is 17.7 Å². The summed E-state index contributed by atoms with van der Waals surface area (Å²) in [6.07, 6.45) is 0. The summed E-state index contributed by atoms with van der Waals surface area (Å²) < 4.78 is 0. The van der Waals surface area contributed by atoms with E-state index in [4.69, 9.17) is 5.11 Å². The fourth-order valence-electron chi connectivity index (χ4n) is 1.96. The van der Waals surface area contributed by atoms with E-state index in [2.05, 4.69) is 10.3 Å². The zero-order chi connectivity index (χ0) is 15.8. The van der Waals surface area contributed by atoms with Gasteiger partial charge in [0.25, 0.3) is 0 Å². The Kier molecular flexibility index (Phi) is 5.54. The molecule has 0 spiro atoms. The second-order valence-electron chi connectivity index (χ2n) is 4.77. The van der Waals surface area contributed by atoms with Gasteiger partial charge in [0.15, 0.2) is 5.96 Å². The molecule has 2 aromatic carbocycles. The minimum atomic E-state index is -0.922. The van der Waals surface area contributed by atoms with Crippen LogP contribution >= 0.6 is 0 Å². The lowest BCUT2D eigenvalue weighted by Crippen LogP contribution is -2.41. The predicted octanol–water partition coefficient (Wildman–Crippen LogP) is 2.35. The maximum Gasteiger partial charge on any atom is 0.322 e. The molecule has 0 aliphatic heterocycles. The van der Waals surface area contributed by atoms with Gasteiger partial charge in [-0.15, -0.1) is 0 Å². The van der Waals surface area contributed by atoms with Crippen LogP contribution in [0, 0.1) is 0 Å². The van der Waals surface area contributed by atoms with Crippen molar-refractivity contribution < 1.29 is 9.90 Å². The van der Waals surface area contributed by atoms with Gasteiger partial charge >= 0.3 is 5.97 Å². The Labute approximate surface area is 129 Å². The molecule has 0 radical (unpaired) electrons. The molecule has 0 saturated heterocycles. The van der Waals surface area contributed by atoms with Crippen molar-refractivity contribution >= 4 is 17.6 Å². The van der Waals surface area contributed by atoms with Crippen molar-refractivity contribution in [3.8, 4) is 0 Å². The Morgan fingerprint density at radius 2 is 1.68 bits per heavy atom. The number of para-hydroxylation sites is 1. The van der Waals surface area contributed by atoms with E-state index >= 15 is 0 Å². The molecule has 2 aromatic rings. The molecule has 0 unspecified atom stereocenters. The summed E-state index contributed by atoms with van der Waals surface area (Å²) in [5.41, 5.74) is 2.01. The van der Waals surface area contributed by atoms with Gasteiger partial charge in [0.2, 0.25) is 0 Å². The fraction of sp³-hybridized carbons (Fsp3) is 0.176. The molecule has 0 aliphatic rings. The highest BCUT2D eigenvalue weighted by atomic mass is 16.4. The molecule has 0 bridgehead atoms. The number of benzene rings is 2. The third-order valence-corrected chi connectivity index (χ3v) is 3.11. The van der Waals surface area contributed by atoms with Crippen LogP contribution in [0.3, 0.4) is 0 Å². The number of aliphatic imine (C=N–C) groups is 1. The highest BCUT2D eigenvalue weighted by molar-refractivity contribution is 5.96. The molecule has 0 heterocycles. The van der Waals surface area contributed by atoms with Crippen molar-refractivity contribution in [2.75, 3.05) is 18.5 Å². The molecule has 114 valence electrons. The molecule has 0 saturated carbocycles. The van der Waals surface area contributed by atoms with Crippen LogP contribution in [0.4, 0.5) is 5.69 Å². The number of nitrogens with one attached hydrogen (secondary N) is 1. The first-order valence-corrected chi connectivity index (χ1v) is 6.99. The van der Waals surface area contributed by atoms with Crippen molar-refractivity contribution in [1.82, 2.24) is 5.32 Å². The van der Waals surface area contributed by atoms with Crippen molar-refractivity contribution in [2.24, 2.45) is 4.99 Å². The first-order valence-electron chi connectivity index (χ1n) is 6.99. The normalized spacial score (nSPS) is 11.0. The van der Waals surface area contributed by atoms with Crippen molar-refractivity contribution in [3.05, 3.63) is 66.2 Å². The standard InChI is InChI=1S/C17H19N3O2/c1-20(15-10-6-3-7-11-15)17(19-13-16(21)22)18-12-14-8-4-2-5-9-14/h2-11H,12-13H2,1H3,(H,18,19)(H,21,22). The van der Waals surface area contributed by atoms with Gasteiger partial charge in [-0.2, -0.15) is 0 Å². The quantitative estimate of drug-likeness (QED) is 0.657. The number of hydrogen-bond acceptors (Lipinski definition) is 2. The van der Waals surface area contributed by atoms with Crippen LogP contribution < -0.4 is 10.2 Å². The number of carbonyl (C=O) groups is 1. The summed E-state index contributed by atoms with van der Waals surface area (Å²) in [5.74, 6) is -0.397. The molecule has 0 aliphatic carbocycles. The number of carboxylic acids is 1. The van der Waals surface area contributed by atoms with E-state index in [-0.39, 0.29) is 6.54 Å². The summed E-state index contributed by atoms with van der Waals surface area (Å²) in [6.45, 7) is 0.310. The number of hydrogen-bond donors (Lipinski definition) is 2. The summed E-state index contributed by atoms with van der Waals surface area (Å²) in [5, 5.41) is 11.7. The number of anilines is 1. The van der Waals surface area contributed by atoms with Gasteiger partial charge in [0.1, 0.15) is 6.54 Å². The average molecular weight is 297 g/mol. The largest absolute Gasteiger partial charge is 0.480 e. The number of nitrogens with zero attached hydrogens (tertiary/aromatic N) is 2. The van der Waals surface area contributed by atoms with E-state index in [1.54, 1.807) is 0 Å². The average Bonchev–Trinajstić information content (AvgIpc) is 2.56. The first kappa shape index (κ1) is 15.6. The van der Waals surface area contributed by atoms with Crippen LogP contribution in [0.2, 0.25) is 0 Å². The Morgan fingerprint density at radius 3 is 2.27 bits per heavy atom. The minimum absolute atomic E-state index is 0.176. The van der Waals surface area contributed by atoms with Crippen LogP contribution in [-0.4, -0.2) is 30.6 Å². The van der Waals surface area contributed by atoms with Crippen molar-refractivity contribution in [3.63, 3.8) is 0 Å². The Balaban J connectivity index is 2.16. The van der Waals surface area contributed by atoms with E-state index < -0.39 is 5.97 Å². The van der Waals surface area contributed by atoms with E-state index in [0.29, 0.717) is 12.5 Å². The molecule has 0 atom stereocenters. The molecule has 0 amide bonds. The third-order valence-electron chi connectivity index (χ3n) is 3.11. The zero-order valence-electron chi connectivity index (χ0n) is 12.4. The molecular weight excluding hydrogens is 278 g/mol. The van der Waals surface area contributed by atoms with Crippen LogP contribution in [0.15, 0.2) is 65.7 Å². The predicted molar refractivity (Wildman–Crippen MR) is 88.1 cm³/mol. The summed E-state index contributed by atoms with van der Waals surface area (Å²) >= 11 is 0. The fourth-order valence-corrected chi connectivity index (χ4v) is 1.96. The van der Waals surface area contributed by atoms with Crippen LogP contribution in [0.1, 0.15) is 5.56 Å². The SMILES string of the molecule is CN(C(=NCc1ccccc1)NCC(=O)O)c1ccccc1. The van der Waals surface area contributed by atoms with Crippen molar-refractivity contribution in [2.45, 2.75) is 6.54 Å². The lowest BCUT2D eigenvalue weighted by atomic mass is 10.2. The maximum absolute atomic E-state index is 10.8. The molecule has 5 heteroatoms. The lowest BCUT2D eigenvalue weighted by molar-refractivity contribution is -0.135. The lowest BCUT2D eigenvalue weighted by Gasteiger charge is -2.22. The topological polar surface area (TPSA) is 64.9 Å². The zero-order valence-corrected chi connectivity index (χ0v) is 12.4. The van der Waals surface area contributed by atoms with E-state index in [9.17, 15) is 4.79 Å². The number of carboxylic acid groups (broad SMARTS) is 1. The second kappa shape index (κ2) is 7.83. The number of rotatable bonds is 5. The smallest absolute Gasteiger partial charge is 0.322 e. The summed E-state index contributed by atoms with van der Waals surface area (Å²) in [6, 6.07) is 19.5. The molecule has 0 aromatic heterocycles. The summed E-state index contributed by atoms with van der Waals surface area (Å²) in [4.78, 5) is 17.2. The number of guanidine groups is 1. The van der Waals surface area contributed by atoms with E-state index in [0.717, 1.165) is 11.3 Å². The minimum Gasteiger partial charge on any atom is -0.480 e. The van der Waals surface area contributed by atoms with Crippen LogP contribution in [0.25, 0.3) is 0 Å². The second-order valence-corrected chi connectivity index (χ2v) is 4.77. The maximum atomic E-state index is 10.8. The first-order chi connectivity index (χ1) is 10.7. The molecule has 2 N–H and O–H groups in total. The molecular formula is C17H19N3O2. The summed E-state index contributed by atoms with van der Waals surface area (Å²) in [7, 11) is 1.86. The monoisotopic (exact) mass is 297 g/mol. The van der Waals surface area contributed by atoms with Crippen LogP contribution in [0.5, 0.6) is 0 Å². The van der Waals surface area contributed by atoms with Gasteiger partial charge < -0.3 is 15.3 Å². The molecule has 0 fully saturated rings. The van der Waals surface area contributed by atoms with Crippen molar-refractivity contribution in [1.29, 1.82) is 0 Å². The molecule has 22 heavy (non-hydrogen) atoms. The van der Waals surface area contributed by atoms with Gasteiger partial charge in [-0.1, -0.05) is 48.5 Å². The van der Waals surface area contributed by atoms with Crippen LogP contribution in [-0.2, 0) is 11.3 Å². The van der Waals surface area contributed by atoms with E-state index in [1.165, 1.54) is 0 Å². The van der Waals surface area contributed by atoms with Gasteiger partial charge in [0.05, 0.1) is 6.54 Å². The molecule has 2 rings (SSSR count). The third kappa shape index (κ3) is 4.63. The highest BCUT2D eigenvalue weighted by Crippen LogP contribution is 2.11. The number of aliphatic carboxylic acids is 1. The highest BCUT2D eigenvalue weighted by Gasteiger charge is 2.09.